The molecular formula is C23H23N5O. The van der Waals surface area contributed by atoms with Gasteiger partial charge in [0.25, 0.3) is 5.91 Å². The lowest BCUT2D eigenvalue weighted by molar-refractivity contribution is 0.0949. The highest BCUT2D eigenvalue weighted by molar-refractivity contribution is 5.92. The van der Waals surface area contributed by atoms with Crippen molar-refractivity contribution in [2.75, 3.05) is 18.5 Å². The zero-order chi connectivity index (χ0) is 20.2. The number of hydrogen-bond acceptors (Lipinski definition) is 4. The second-order valence-electron chi connectivity index (χ2n) is 6.95. The van der Waals surface area contributed by atoms with Crippen LogP contribution >= 0.6 is 0 Å². The molecule has 0 atom stereocenters. The fourth-order valence-electron chi connectivity index (χ4n) is 3.33. The maximum absolute atomic E-state index is 12.7. The average molecular weight is 385 g/mol. The number of amides is 1. The summed E-state index contributed by atoms with van der Waals surface area (Å²) in [5.74, 6) is 0.302. The van der Waals surface area contributed by atoms with E-state index in [1.807, 2.05) is 73.6 Å². The first-order chi connectivity index (χ1) is 14.1. The Labute approximate surface area is 169 Å². The zero-order valence-corrected chi connectivity index (χ0v) is 16.5. The SMILES string of the molecule is Cc1cc(C(=O)NCCc2c[nH]c3ccccc23)nc(N(C)c2ccccc2)n1. The van der Waals surface area contributed by atoms with Gasteiger partial charge in [-0.1, -0.05) is 36.4 Å². The summed E-state index contributed by atoms with van der Waals surface area (Å²) in [6.45, 7) is 2.40. The largest absolute Gasteiger partial charge is 0.361 e. The predicted molar refractivity (Wildman–Crippen MR) is 116 cm³/mol. The monoisotopic (exact) mass is 385 g/mol. The summed E-state index contributed by atoms with van der Waals surface area (Å²) in [5, 5.41) is 4.16. The molecule has 2 aromatic heterocycles. The molecule has 2 N–H and O–H groups in total. The number of hydrogen-bond donors (Lipinski definition) is 2. The lowest BCUT2D eigenvalue weighted by atomic mass is 10.1. The molecule has 4 aromatic rings. The number of aryl methyl sites for hydroxylation is 1. The van der Waals surface area contributed by atoms with Crippen molar-refractivity contribution in [1.29, 1.82) is 0 Å². The molecule has 0 saturated heterocycles. The van der Waals surface area contributed by atoms with E-state index in [2.05, 4.69) is 26.3 Å². The normalized spacial score (nSPS) is 10.8. The van der Waals surface area contributed by atoms with E-state index in [1.54, 1.807) is 6.07 Å². The number of rotatable bonds is 6. The second kappa shape index (κ2) is 8.14. The Morgan fingerprint density at radius 1 is 1.07 bits per heavy atom. The van der Waals surface area contributed by atoms with E-state index in [4.69, 9.17) is 0 Å². The van der Waals surface area contributed by atoms with Gasteiger partial charge in [0.2, 0.25) is 5.95 Å². The van der Waals surface area contributed by atoms with Crippen molar-refractivity contribution in [1.82, 2.24) is 20.3 Å². The average Bonchev–Trinajstić information content (AvgIpc) is 3.16. The summed E-state index contributed by atoms with van der Waals surface area (Å²) in [6.07, 6.45) is 2.75. The molecule has 2 heterocycles. The highest BCUT2D eigenvalue weighted by Gasteiger charge is 2.14. The first-order valence-electron chi connectivity index (χ1n) is 9.59. The van der Waals surface area contributed by atoms with Gasteiger partial charge in [-0.2, -0.15) is 0 Å². The molecule has 0 aliphatic rings. The van der Waals surface area contributed by atoms with Gasteiger partial charge in [-0.25, -0.2) is 9.97 Å². The molecule has 0 saturated carbocycles. The topological polar surface area (TPSA) is 73.9 Å². The molecule has 0 aliphatic heterocycles. The van der Waals surface area contributed by atoms with Crippen LogP contribution in [0.5, 0.6) is 0 Å². The Morgan fingerprint density at radius 3 is 2.66 bits per heavy atom. The standard InChI is InChI=1S/C23H23N5O/c1-16-14-21(27-23(26-16)28(2)18-8-4-3-5-9-18)22(29)24-13-12-17-15-25-20-11-7-6-10-19(17)20/h3-11,14-15,25H,12-13H2,1-2H3,(H,24,29). The number of carbonyl (C=O) groups excluding carboxylic acids is 1. The molecule has 6 heteroatoms. The first-order valence-corrected chi connectivity index (χ1v) is 9.59. The Morgan fingerprint density at radius 2 is 1.83 bits per heavy atom. The second-order valence-corrected chi connectivity index (χ2v) is 6.95. The van der Waals surface area contributed by atoms with Crippen LogP contribution in [-0.4, -0.2) is 34.5 Å². The number of fused-ring (bicyclic) bond motifs is 1. The number of carbonyl (C=O) groups is 1. The molecule has 6 nitrogen and oxygen atoms in total. The number of aromatic amines is 1. The van der Waals surface area contributed by atoms with Crippen molar-refractivity contribution < 1.29 is 4.79 Å². The molecule has 146 valence electrons. The fourth-order valence-corrected chi connectivity index (χ4v) is 3.33. The molecule has 4 rings (SSSR count). The summed E-state index contributed by atoms with van der Waals surface area (Å²) in [5.41, 5.74) is 4.37. The van der Waals surface area contributed by atoms with Gasteiger partial charge in [0, 0.05) is 42.1 Å². The number of H-pyrrole nitrogens is 1. The third-order valence-corrected chi connectivity index (χ3v) is 4.87. The van der Waals surface area contributed by atoms with Gasteiger partial charge in [0.15, 0.2) is 0 Å². The van der Waals surface area contributed by atoms with Gasteiger partial charge >= 0.3 is 0 Å². The van der Waals surface area contributed by atoms with E-state index >= 15 is 0 Å². The van der Waals surface area contributed by atoms with E-state index in [9.17, 15) is 4.79 Å². The van der Waals surface area contributed by atoms with Crippen molar-refractivity contribution in [2.24, 2.45) is 0 Å². The summed E-state index contributed by atoms with van der Waals surface area (Å²) in [6, 6.07) is 19.7. The molecule has 0 bridgehead atoms. The molecule has 0 radical (unpaired) electrons. The van der Waals surface area contributed by atoms with Crippen LogP contribution in [0.4, 0.5) is 11.6 Å². The molecular weight excluding hydrogens is 362 g/mol. The van der Waals surface area contributed by atoms with Crippen LogP contribution in [0.1, 0.15) is 21.7 Å². The number of nitrogens with zero attached hydrogens (tertiary/aromatic N) is 3. The van der Waals surface area contributed by atoms with Crippen molar-refractivity contribution in [3.8, 4) is 0 Å². The Bertz CT molecular complexity index is 1140. The molecule has 0 aliphatic carbocycles. The van der Waals surface area contributed by atoms with Crippen LogP contribution in [0.3, 0.4) is 0 Å². The van der Waals surface area contributed by atoms with E-state index in [0.717, 1.165) is 23.3 Å². The van der Waals surface area contributed by atoms with Gasteiger partial charge in [-0.15, -0.1) is 0 Å². The quantitative estimate of drug-likeness (QED) is 0.526. The van der Waals surface area contributed by atoms with Crippen LogP contribution in [-0.2, 0) is 6.42 Å². The number of nitrogens with one attached hydrogen (secondary N) is 2. The Hall–Kier alpha value is -3.67. The molecule has 2 aromatic carbocycles. The molecule has 0 unspecified atom stereocenters. The zero-order valence-electron chi connectivity index (χ0n) is 16.5. The lowest BCUT2D eigenvalue weighted by Crippen LogP contribution is -2.27. The highest BCUT2D eigenvalue weighted by atomic mass is 16.1. The molecule has 0 fully saturated rings. The van der Waals surface area contributed by atoms with Gasteiger partial charge in [-0.05, 0) is 43.2 Å². The fraction of sp³-hybridized carbons (Fsp3) is 0.174. The van der Waals surface area contributed by atoms with Crippen molar-refractivity contribution in [3.05, 3.63) is 83.8 Å². The van der Waals surface area contributed by atoms with Gasteiger partial charge in [0.1, 0.15) is 5.69 Å². The van der Waals surface area contributed by atoms with Gasteiger partial charge < -0.3 is 15.2 Å². The maximum atomic E-state index is 12.7. The number of benzene rings is 2. The van der Waals surface area contributed by atoms with E-state index in [1.165, 1.54) is 10.9 Å². The van der Waals surface area contributed by atoms with Gasteiger partial charge in [-0.3, -0.25) is 4.79 Å². The van der Waals surface area contributed by atoms with Crippen molar-refractivity contribution in [2.45, 2.75) is 13.3 Å². The van der Waals surface area contributed by atoms with Crippen LogP contribution in [0, 0.1) is 6.92 Å². The van der Waals surface area contributed by atoms with E-state index in [-0.39, 0.29) is 5.91 Å². The van der Waals surface area contributed by atoms with Crippen LogP contribution in [0.25, 0.3) is 10.9 Å². The minimum Gasteiger partial charge on any atom is -0.361 e. The highest BCUT2D eigenvalue weighted by Crippen LogP contribution is 2.20. The third kappa shape index (κ3) is 4.11. The molecule has 0 spiro atoms. The smallest absolute Gasteiger partial charge is 0.270 e. The van der Waals surface area contributed by atoms with Crippen LogP contribution in [0.2, 0.25) is 0 Å². The maximum Gasteiger partial charge on any atom is 0.270 e. The predicted octanol–water partition coefficient (Wildman–Crippen LogP) is 4.01. The van der Waals surface area contributed by atoms with E-state index in [0.29, 0.717) is 18.2 Å². The third-order valence-electron chi connectivity index (χ3n) is 4.87. The summed E-state index contributed by atoms with van der Waals surface area (Å²) in [4.78, 5) is 26.8. The summed E-state index contributed by atoms with van der Waals surface area (Å²) in [7, 11) is 1.89. The summed E-state index contributed by atoms with van der Waals surface area (Å²) < 4.78 is 0. The van der Waals surface area contributed by atoms with E-state index < -0.39 is 0 Å². The van der Waals surface area contributed by atoms with Crippen molar-refractivity contribution >= 4 is 28.4 Å². The number of aromatic nitrogens is 3. The molecule has 29 heavy (non-hydrogen) atoms. The van der Waals surface area contributed by atoms with Crippen LogP contribution in [0.15, 0.2) is 66.9 Å². The summed E-state index contributed by atoms with van der Waals surface area (Å²) >= 11 is 0. The molecule has 1 amide bonds. The number of anilines is 2. The number of para-hydroxylation sites is 2. The lowest BCUT2D eigenvalue weighted by Gasteiger charge is -2.18. The van der Waals surface area contributed by atoms with Crippen molar-refractivity contribution in [3.63, 3.8) is 0 Å². The Balaban J connectivity index is 1.45. The van der Waals surface area contributed by atoms with Crippen LogP contribution < -0.4 is 10.2 Å². The Kier molecular flexibility index (Phi) is 5.24. The minimum absolute atomic E-state index is 0.196. The first kappa shape index (κ1) is 18.7. The minimum atomic E-state index is -0.196. The van der Waals surface area contributed by atoms with Gasteiger partial charge in [0.05, 0.1) is 0 Å².